The second-order valence-corrected chi connectivity index (χ2v) is 8.94. The van der Waals surface area contributed by atoms with Crippen molar-refractivity contribution in [3.05, 3.63) is 34.3 Å². The molecule has 1 aromatic rings. The van der Waals surface area contributed by atoms with E-state index in [1.807, 2.05) is 19.2 Å². The lowest BCUT2D eigenvalue weighted by atomic mass is 9.95. The van der Waals surface area contributed by atoms with Crippen LogP contribution in [0, 0.1) is 0 Å². The molecule has 2 N–H and O–H groups in total. The van der Waals surface area contributed by atoms with Gasteiger partial charge >= 0.3 is 0 Å². The van der Waals surface area contributed by atoms with Gasteiger partial charge in [0, 0.05) is 22.6 Å². The molecule has 2 rings (SSSR count). The Hall–Kier alpha value is -0.430. The minimum absolute atomic E-state index is 0.0144. The molecule has 21 heavy (non-hydrogen) atoms. The molecule has 4 nitrogen and oxygen atoms in total. The Labute approximate surface area is 135 Å². The van der Waals surface area contributed by atoms with Crippen molar-refractivity contribution in [3.8, 4) is 0 Å². The normalized spacial score (nSPS) is 24.1. The smallest absolute Gasteiger partial charge is 0.151 e. The van der Waals surface area contributed by atoms with Crippen LogP contribution in [0.1, 0.15) is 31.4 Å². The summed E-state index contributed by atoms with van der Waals surface area (Å²) in [6.07, 6.45) is 1.55. The molecule has 0 radical (unpaired) electrons. The molecule has 6 heteroatoms. The number of benzene rings is 1. The van der Waals surface area contributed by atoms with Gasteiger partial charge in [0.15, 0.2) is 9.84 Å². The third kappa shape index (κ3) is 4.06. The van der Waals surface area contributed by atoms with Crippen molar-refractivity contribution in [3.63, 3.8) is 0 Å². The summed E-state index contributed by atoms with van der Waals surface area (Å²) in [4.78, 5) is 2.15. The monoisotopic (exact) mass is 374 g/mol. The van der Waals surface area contributed by atoms with Gasteiger partial charge < -0.3 is 5.73 Å². The van der Waals surface area contributed by atoms with E-state index in [1.54, 1.807) is 0 Å². The summed E-state index contributed by atoms with van der Waals surface area (Å²) in [7, 11) is -0.892. The molecular weight excluding hydrogens is 352 g/mol. The van der Waals surface area contributed by atoms with Gasteiger partial charge in [-0.05, 0) is 37.6 Å². The number of rotatable bonds is 5. The van der Waals surface area contributed by atoms with Gasteiger partial charge in [0.25, 0.3) is 0 Å². The van der Waals surface area contributed by atoms with Crippen LogP contribution in [0.25, 0.3) is 0 Å². The van der Waals surface area contributed by atoms with Crippen molar-refractivity contribution in [2.45, 2.75) is 37.9 Å². The van der Waals surface area contributed by atoms with Crippen LogP contribution >= 0.6 is 15.9 Å². The SMILES string of the molecule is CCC(N)C(c1ccc(Br)cc1)N(C)C1CCS(=O)(=O)C1. The van der Waals surface area contributed by atoms with Crippen molar-refractivity contribution < 1.29 is 8.42 Å². The fourth-order valence-electron chi connectivity index (χ4n) is 2.99. The first-order valence-corrected chi connectivity index (χ1v) is 9.89. The second kappa shape index (κ2) is 6.77. The number of nitrogens with zero attached hydrogens (tertiary/aromatic N) is 1. The first kappa shape index (κ1) is 16.9. The summed E-state index contributed by atoms with van der Waals surface area (Å²) in [5.74, 6) is 0.531. The van der Waals surface area contributed by atoms with Crippen LogP contribution in [-0.4, -0.2) is 44.0 Å². The van der Waals surface area contributed by atoms with Crippen LogP contribution in [0.5, 0.6) is 0 Å². The maximum absolute atomic E-state index is 11.7. The lowest BCUT2D eigenvalue weighted by Gasteiger charge is -2.36. The van der Waals surface area contributed by atoms with E-state index in [0.29, 0.717) is 6.42 Å². The molecule has 0 amide bonds. The summed E-state index contributed by atoms with van der Waals surface area (Å²) in [6, 6.07) is 8.21. The summed E-state index contributed by atoms with van der Waals surface area (Å²) < 4.78 is 24.5. The van der Waals surface area contributed by atoms with E-state index in [4.69, 9.17) is 5.73 Å². The molecule has 118 valence electrons. The zero-order valence-corrected chi connectivity index (χ0v) is 14.9. The third-order valence-electron chi connectivity index (χ3n) is 4.31. The predicted octanol–water partition coefficient (Wildman–Crippen LogP) is 2.35. The third-order valence-corrected chi connectivity index (χ3v) is 6.59. The highest BCUT2D eigenvalue weighted by Gasteiger charge is 2.35. The topological polar surface area (TPSA) is 63.4 Å². The lowest BCUT2D eigenvalue weighted by Crippen LogP contribution is -2.44. The fraction of sp³-hybridized carbons (Fsp3) is 0.600. The summed E-state index contributed by atoms with van der Waals surface area (Å²) in [5, 5.41) is 0. The Morgan fingerprint density at radius 3 is 2.48 bits per heavy atom. The average molecular weight is 375 g/mol. The van der Waals surface area contributed by atoms with E-state index in [1.165, 1.54) is 0 Å². The summed E-state index contributed by atoms with van der Waals surface area (Å²) in [5.41, 5.74) is 7.46. The van der Waals surface area contributed by atoms with Gasteiger partial charge in [0.05, 0.1) is 11.5 Å². The Balaban J connectivity index is 2.26. The molecule has 0 aromatic heterocycles. The van der Waals surface area contributed by atoms with Crippen LogP contribution in [0.15, 0.2) is 28.7 Å². The minimum Gasteiger partial charge on any atom is -0.326 e. The van der Waals surface area contributed by atoms with Crippen LogP contribution in [0.4, 0.5) is 0 Å². The fourth-order valence-corrected chi connectivity index (χ4v) is 5.04. The van der Waals surface area contributed by atoms with Gasteiger partial charge in [-0.2, -0.15) is 0 Å². The highest BCUT2D eigenvalue weighted by Crippen LogP contribution is 2.30. The largest absolute Gasteiger partial charge is 0.326 e. The van der Waals surface area contributed by atoms with Crippen molar-refractivity contribution in [1.29, 1.82) is 0 Å². The molecule has 1 aliphatic heterocycles. The standard InChI is InChI=1S/C15H23BrN2O2S/c1-3-14(17)15(11-4-6-12(16)7-5-11)18(2)13-8-9-21(19,20)10-13/h4-7,13-15H,3,8-10,17H2,1-2H3. The average Bonchev–Trinajstić information content (AvgIpc) is 2.81. The minimum atomic E-state index is -2.89. The van der Waals surface area contributed by atoms with Crippen molar-refractivity contribution in [2.24, 2.45) is 5.73 Å². The van der Waals surface area contributed by atoms with E-state index in [-0.39, 0.29) is 29.6 Å². The van der Waals surface area contributed by atoms with E-state index in [2.05, 4.69) is 39.9 Å². The Morgan fingerprint density at radius 1 is 1.38 bits per heavy atom. The van der Waals surface area contributed by atoms with E-state index >= 15 is 0 Å². The number of nitrogens with two attached hydrogens (primary N) is 1. The van der Waals surface area contributed by atoms with E-state index in [0.717, 1.165) is 16.5 Å². The molecule has 0 aliphatic carbocycles. The summed E-state index contributed by atoms with van der Waals surface area (Å²) >= 11 is 3.44. The van der Waals surface area contributed by atoms with Crippen LogP contribution in [-0.2, 0) is 9.84 Å². The second-order valence-electron chi connectivity index (χ2n) is 5.79. The molecular formula is C15H23BrN2O2S. The molecule has 0 bridgehead atoms. The van der Waals surface area contributed by atoms with Gasteiger partial charge in [-0.3, -0.25) is 4.90 Å². The molecule has 1 fully saturated rings. The lowest BCUT2D eigenvalue weighted by molar-refractivity contribution is 0.161. The summed E-state index contributed by atoms with van der Waals surface area (Å²) in [6.45, 7) is 2.07. The quantitative estimate of drug-likeness (QED) is 0.858. The van der Waals surface area contributed by atoms with Gasteiger partial charge in [-0.15, -0.1) is 0 Å². The zero-order valence-electron chi connectivity index (χ0n) is 12.5. The number of halogens is 1. The van der Waals surface area contributed by atoms with Gasteiger partial charge in [-0.1, -0.05) is 35.0 Å². The van der Waals surface area contributed by atoms with Crippen LogP contribution in [0.3, 0.4) is 0 Å². The maximum atomic E-state index is 11.7. The number of likely N-dealkylation sites (N-methyl/N-ethyl adjacent to an activating group) is 1. The molecule has 1 aromatic carbocycles. The van der Waals surface area contributed by atoms with Gasteiger partial charge in [-0.25, -0.2) is 8.42 Å². The Bertz CT molecular complexity index is 574. The Morgan fingerprint density at radius 2 is 2.00 bits per heavy atom. The van der Waals surface area contributed by atoms with E-state index in [9.17, 15) is 8.42 Å². The van der Waals surface area contributed by atoms with Crippen LogP contribution in [0.2, 0.25) is 0 Å². The molecule has 1 heterocycles. The molecule has 0 saturated carbocycles. The molecule has 1 saturated heterocycles. The predicted molar refractivity (Wildman–Crippen MR) is 90.0 cm³/mol. The Kier molecular flexibility index (Phi) is 5.46. The van der Waals surface area contributed by atoms with Crippen LogP contribution < -0.4 is 5.73 Å². The number of hydrogen-bond acceptors (Lipinski definition) is 4. The first-order chi connectivity index (χ1) is 9.84. The number of sulfone groups is 1. The molecule has 3 atom stereocenters. The zero-order chi connectivity index (χ0) is 15.6. The number of hydrogen-bond donors (Lipinski definition) is 1. The van der Waals surface area contributed by atoms with Gasteiger partial charge in [0.2, 0.25) is 0 Å². The highest BCUT2D eigenvalue weighted by molar-refractivity contribution is 9.10. The first-order valence-electron chi connectivity index (χ1n) is 7.27. The molecule has 0 spiro atoms. The van der Waals surface area contributed by atoms with Crippen molar-refractivity contribution in [2.75, 3.05) is 18.6 Å². The van der Waals surface area contributed by atoms with E-state index < -0.39 is 9.84 Å². The van der Waals surface area contributed by atoms with Crippen molar-refractivity contribution in [1.82, 2.24) is 4.90 Å². The highest BCUT2D eigenvalue weighted by atomic mass is 79.9. The molecule has 3 unspecified atom stereocenters. The molecule has 1 aliphatic rings. The maximum Gasteiger partial charge on any atom is 0.151 e. The van der Waals surface area contributed by atoms with Gasteiger partial charge in [0.1, 0.15) is 0 Å². The van der Waals surface area contributed by atoms with Crippen molar-refractivity contribution >= 4 is 25.8 Å².